The van der Waals surface area contributed by atoms with Gasteiger partial charge in [0.15, 0.2) is 0 Å². The monoisotopic (exact) mass is 482 g/mol. The van der Waals surface area contributed by atoms with Gasteiger partial charge in [-0.2, -0.15) is 0 Å². The number of nitrogens with one attached hydrogen (secondary N) is 1. The minimum absolute atomic E-state index is 0.0232. The molecule has 0 radical (unpaired) electrons. The first-order chi connectivity index (χ1) is 13.1. The minimum Gasteiger partial charge on any atom is -0.346 e. The third kappa shape index (κ3) is 5.36. The molecule has 2 rings (SSSR count). The Labute approximate surface area is 182 Å². The number of hydrogen-bond donors (Lipinski definition) is 1. The third-order valence-corrected chi connectivity index (χ3v) is 7.16. The molecule has 0 aliphatic rings. The lowest BCUT2D eigenvalue weighted by atomic mass is 10.1. The Kier molecular flexibility index (Phi) is 7.69. The Hall–Kier alpha value is -1.39. The van der Waals surface area contributed by atoms with Crippen molar-refractivity contribution >= 4 is 67.2 Å². The van der Waals surface area contributed by atoms with Crippen LogP contribution in [-0.4, -0.2) is 43.0 Å². The van der Waals surface area contributed by atoms with Crippen molar-refractivity contribution in [1.29, 1.82) is 0 Å². The zero-order chi connectivity index (χ0) is 21.1. The van der Waals surface area contributed by atoms with Gasteiger partial charge in [-0.25, -0.2) is 8.42 Å². The van der Waals surface area contributed by atoms with Gasteiger partial charge in [-0.05, 0) is 19.1 Å². The molecule has 7 nitrogen and oxygen atoms in total. The number of likely N-dealkylation sites (N-methyl/N-ethyl adjacent to an activating group) is 1. The lowest BCUT2D eigenvalue weighted by Crippen LogP contribution is -2.27. The average Bonchev–Trinajstić information content (AvgIpc) is 3.02. The summed E-state index contributed by atoms with van der Waals surface area (Å²) in [6, 6.07) is 2.80. The highest BCUT2D eigenvalue weighted by Gasteiger charge is 2.30. The van der Waals surface area contributed by atoms with E-state index >= 15 is 0 Å². The van der Waals surface area contributed by atoms with Crippen LogP contribution in [0.4, 0.5) is 5.13 Å². The Morgan fingerprint density at radius 2 is 1.93 bits per heavy atom. The van der Waals surface area contributed by atoms with Crippen molar-refractivity contribution in [2.24, 2.45) is 0 Å². The van der Waals surface area contributed by atoms with Gasteiger partial charge in [-0.1, -0.05) is 52.2 Å². The third-order valence-electron chi connectivity index (χ3n) is 3.78. The fraction of sp³-hybridized carbons (Fsp3) is 0.312. The molecule has 1 aromatic carbocycles. The van der Waals surface area contributed by atoms with Crippen molar-refractivity contribution in [3.05, 3.63) is 50.4 Å². The summed E-state index contributed by atoms with van der Waals surface area (Å²) in [5.41, 5.74) is 0.153. The summed E-state index contributed by atoms with van der Waals surface area (Å²) in [4.78, 5) is 13.5. The van der Waals surface area contributed by atoms with Gasteiger partial charge >= 0.3 is 0 Å². The smallest absolute Gasteiger partial charge is 0.245 e. The second kappa shape index (κ2) is 9.41. The Morgan fingerprint density at radius 1 is 1.32 bits per heavy atom. The summed E-state index contributed by atoms with van der Waals surface area (Å²) in [6.07, 6.45) is 1.23. The molecule has 28 heavy (non-hydrogen) atoms. The quantitative estimate of drug-likeness (QED) is 0.568. The first kappa shape index (κ1) is 22.9. The molecule has 12 heteroatoms. The van der Waals surface area contributed by atoms with Gasteiger partial charge in [0.1, 0.15) is 10.3 Å². The number of benzene rings is 1. The van der Waals surface area contributed by atoms with Gasteiger partial charge in [0, 0.05) is 34.2 Å². The maximum atomic E-state index is 12.8. The van der Waals surface area contributed by atoms with Crippen molar-refractivity contribution in [2.45, 2.75) is 18.6 Å². The van der Waals surface area contributed by atoms with Crippen molar-refractivity contribution < 1.29 is 13.2 Å². The Bertz CT molecular complexity index is 972. The maximum Gasteiger partial charge on any atom is 0.245 e. The largest absolute Gasteiger partial charge is 0.346 e. The number of anilines is 1. The van der Waals surface area contributed by atoms with Crippen molar-refractivity contribution in [3.8, 4) is 0 Å². The van der Waals surface area contributed by atoms with Gasteiger partial charge in [0.2, 0.25) is 21.1 Å². The summed E-state index contributed by atoms with van der Waals surface area (Å²) in [6.45, 7) is 5.97. The lowest BCUT2D eigenvalue weighted by molar-refractivity contribution is -0.128. The highest BCUT2D eigenvalue weighted by atomic mass is 35.5. The summed E-state index contributed by atoms with van der Waals surface area (Å²) in [5, 5.41) is 7.30. The number of halogens is 3. The second-order valence-corrected chi connectivity index (χ2v) is 9.79. The van der Waals surface area contributed by atoms with Crippen LogP contribution < -0.4 is 4.72 Å². The zero-order valence-electron chi connectivity index (χ0n) is 14.9. The molecule has 1 unspecified atom stereocenters. The molecule has 1 N–H and O–H groups in total. The number of nitrogens with zero attached hydrogens (tertiary/aromatic N) is 3. The fourth-order valence-electron chi connectivity index (χ4n) is 2.22. The molecule has 1 atom stereocenters. The average molecular weight is 484 g/mol. The van der Waals surface area contributed by atoms with Crippen LogP contribution >= 0.6 is 46.1 Å². The van der Waals surface area contributed by atoms with Crippen LogP contribution in [0.15, 0.2) is 24.8 Å². The van der Waals surface area contributed by atoms with Crippen LogP contribution in [0, 0.1) is 0 Å². The molecule has 1 amide bonds. The van der Waals surface area contributed by atoms with E-state index in [0.29, 0.717) is 11.6 Å². The first-order valence-electron chi connectivity index (χ1n) is 7.94. The van der Waals surface area contributed by atoms with E-state index < -0.39 is 15.3 Å². The lowest BCUT2D eigenvalue weighted by Gasteiger charge is -2.17. The van der Waals surface area contributed by atoms with E-state index in [4.69, 9.17) is 34.8 Å². The van der Waals surface area contributed by atoms with Gasteiger partial charge in [-0.15, -0.1) is 16.8 Å². The predicted molar refractivity (Wildman–Crippen MR) is 114 cm³/mol. The second-order valence-electron chi connectivity index (χ2n) is 5.67. The van der Waals surface area contributed by atoms with E-state index in [9.17, 15) is 13.2 Å². The topological polar surface area (TPSA) is 92.3 Å². The van der Waals surface area contributed by atoms with E-state index in [1.807, 2.05) is 6.92 Å². The number of hydrogen-bond acceptors (Lipinski definition) is 6. The van der Waals surface area contributed by atoms with Crippen molar-refractivity contribution in [1.82, 2.24) is 15.1 Å². The molecule has 0 spiro atoms. The van der Waals surface area contributed by atoms with Crippen molar-refractivity contribution in [2.75, 3.05) is 18.3 Å². The maximum absolute atomic E-state index is 12.8. The van der Waals surface area contributed by atoms with E-state index in [-0.39, 0.29) is 38.1 Å². The molecule has 0 bridgehead atoms. The molecule has 0 aliphatic carbocycles. The van der Waals surface area contributed by atoms with E-state index in [1.54, 1.807) is 7.05 Å². The molecule has 0 saturated heterocycles. The normalized spacial score (nSPS) is 12.5. The van der Waals surface area contributed by atoms with E-state index in [2.05, 4.69) is 21.5 Å². The fourth-order valence-corrected chi connectivity index (χ4v) is 5.72. The van der Waals surface area contributed by atoms with Crippen molar-refractivity contribution in [3.63, 3.8) is 0 Å². The van der Waals surface area contributed by atoms with Crippen LogP contribution in [0.25, 0.3) is 0 Å². The molecular formula is C16H17Cl3N4O3S2. The number of aromatic nitrogens is 2. The van der Waals surface area contributed by atoms with Crippen LogP contribution in [0.3, 0.4) is 0 Å². The summed E-state index contributed by atoms with van der Waals surface area (Å²) >= 11 is 19.1. The standard InChI is InChI=1S/C16H17Cl3N4O3S2/c1-4-12(15-10(18)6-9(17)7-11(15)19)28(25,26)22-16-21-20-13(27-16)8-14(24)23(3)5-2/h4,6-7,12H,1,5,8H2,2-3H3,(H,21,22). The number of sulfonamides is 1. The van der Waals surface area contributed by atoms with Crippen LogP contribution in [0.5, 0.6) is 0 Å². The highest BCUT2D eigenvalue weighted by molar-refractivity contribution is 7.93. The molecular weight excluding hydrogens is 467 g/mol. The van der Waals surface area contributed by atoms with Crippen LogP contribution in [0.1, 0.15) is 22.7 Å². The molecule has 1 heterocycles. The molecule has 1 aromatic heterocycles. The summed E-state index contributed by atoms with van der Waals surface area (Å²) < 4.78 is 28.0. The SMILES string of the molecule is C=CC(c1c(Cl)cc(Cl)cc1Cl)S(=O)(=O)Nc1nnc(CC(=O)N(C)CC)s1. The summed E-state index contributed by atoms with van der Waals surface area (Å²) in [5.74, 6) is -0.142. The zero-order valence-corrected chi connectivity index (χ0v) is 18.8. The first-order valence-corrected chi connectivity index (χ1v) is 11.4. The number of amides is 1. The van der Waals surface area contributed by atoms with Gasteiger partial charge in [0.05, 0.1) is 6.42 Å². The van der Waals surface area contributed by atoms with Gasteiger partial charge in [-0.3, -0.25) is 9.52 Å². The van der Waals surface area contributed by atoms with Gasteiger partial charge < -0.3 is 4.90 Å². The molecule has 0 fully saturated rings. The molecule has 0 saturated carbocycles. The van der Waals surface area contributed by atoms with E-state index in [1.165, 1.54) is 23.1 Å². The predicted octanol–water partition coefficient (Wildman–Crippen LogP) is 4.19. The van der Waals surface area contributed by atoms with E-state index in [0.717, 1.165) is 11.3 Å². The molecule has 152 valence electrons. The molecule has 0 aliphatic heterocycles. The Balaban J connectivity index is 2.26. The van der Waals surface area contributed by atoms with Crippen LogP contribution in [-0.2, 0) is 21.2 Å². The molecule has 2 aromatic rings. The number of rotatable bonds is 8. The number of carbonyl (C=O) groups is 1. The summed E-state index contributed by atoms with van der Waals surface area (Å²) in [7, 11) is -2.37. The number of carbonyl (C=O) groups excluding carboxylic acids is 1. The van der Waals surface area contributed by atoms with Gasteiger partial charge in [0.25, 0.3) is 0 Å². The minimum atomic E-state index is -4.04. The highest BCUT2D eigenvalue weighted by Crippen LogP contribution is 2.38. The Morgan fingerprint density at radius 3 is 2.46 bits per heavy atom. The van der Waals surface area contributed by atoms with Crippen LogP contribution in [0.2, 0.25) is 15.1 Å².